The Labute approximate surface area is 116 Å². The van der Waals surface area contributed by atoms with Crippen molar-refractivity contribution >= 4 is 5.82 Å². The van der Waals surface area contributed by atoms with Gasteiger partial charge in [-0.15, -0.1) is 0 Å². The molecule has 0 aliphatic heterocycles. The minimum atomic E-state index is 0.708. The number of nitrogens with one attached hydrogen (secondary N) is 1. The van der Waals surface area contributed by atoms with Crippen molar-refractivity contribution in [3.63, 3.8) is 0 Å². The van der Waals surface area contributed by atoms with Crippen LogP contribution in [0, 0.1) is 0 Å². The van der Waals surface area contributed by atoms with Crippen LogP contribution in [0.25, 0.3) is 0 Å². The molecule has 0 spiro atoms. The number of anilines is 1. The lowest BCUT2D eigenvalue weighted by Crippen LogP contribution is -2.28. The molecular formula is C15H26N4. The highest BCUT2D eigenvalue weighted by atomic mass is 15.2. The van der Waals surface area contributed by atoms with Gasteiger partial charge in [0.25, 0.3) is 0 Å². The summed E-state index contributed by atoms with van der Waals surface area (Å²) in [6, 6.07) is 0.708. The van der Waals surface area contributed by atoms with Crippen LogP contribution in [0.15, 0.2) is 12.4 Å². The van der Waals surface area contributed by atoms with Crippen molar-refractivity contribution in [3.8, 4) is 0 Å². The van der Waals surface area contributed by atoms with Gasteiger partial charge in [-0.1, -0.05) is 20.3 Å². The van der Waals surface area contributed by atoms with E-state index >= 15 is 0 Å². The van der Waals surface area contributed by atoms with Gasteiger partial charge >= 0.3 is 0 Å². The van der Waals surface area contributed by atoms with E-state index in [1.54, 1.807) is 0 Å². The van der Waals surface area contributed by atoms with Crippen molar-refractivity contribution in [3.05, 3.63) is 18.1 Å². The summed E-state index contributed by atoms with van der Waals surface area (Å²) in [5.74, 6) is 1.06. The molecule has 106 valence electrons. The highest BCUT2D eigenvalue weighted by molar-refractivity contribution is 5.39. The number of aromatic nitrogens is 2. The van der Waals surface area contributed by atoms with E-state index in [0.717, 1.165) is 37.6 Å². The zero-order valence-electron chi connectivity index (χ0n) is 12.2. The average Bonchev–Trinajstić information content (AvgIpc) is 3.25. The van der Waals surface area contributed by atoms with E-state index in [-0.39, 0.29) is 0 Å². The second kappa shape index (κ2) is 7.43. The van der Waals surface area contributed by atoms with E-state index in [1.807, 2.05) is 12.4 Å². The third-order valence-electron chi connectivity index (χ3n) is 3.44. The van der Waals surface area contributed by atoms with E-state index in [2.05, 4.69) is 29.0 Å². The maximum absolute atomic E-state index is 4.76. The predicted molar refractivity (Wildman–Crippen MR) is 79.3 cm³/mol. The summed E-state index contributed by atoms with van der Waals surface area (Å²) in [7, 11) is 0. The first-order valence-corrected chi connectivity index (χ1v) is 7.63. The third kappa shape index (κ3) is 4.46. The van der Waals surface area contributed by atoms with Crippen LogP contribution in [0.3, 0.4) is 0 Å². The molecule has 4 heteroatoms. The Morgan fingerprint density at radius 2 is 2.11 bits per heavy atom. The first kappa shape index (κ1) is 14.3. The normalized spacial score (nSPS) is 14.6. The van der Waals surface area contributed by atoms with Gasteiger partial charge in [-0.3, -0.25) is 4.98 Å². The maximum Gasteiger partial charge on any atom is 0.147 e. The van der Waals surface area contributed by atoms with E-state index in [9.17, 15) is 0 Å². The largest absolute Gasteiger partial charge is 0.352 e. The molecule has 1 saturated carbocycles. The maximum atomic E-state index is 4.76. The number of hydrogen-bond acceptors (Lipinski definition) is 4. The van der Waals surface area contributed by atoms with E-state index in [4.69, 9.17) is 4.98 Å². The van der Waals surface area contributed by atoms with Gasteiger partial charge in [-0.2, -0.15) is 0 Å². The van der Waals surface area contributed by atoms with Gasteiger partial charge in [0.2, 0.25) is 0 Å². The fourth-order valence-electron chi connectivity index (χ4n) is 2.21. The van der Waals surface area contributed by atoms with E-state index < -0.39 is 0 Å². The number of nitrogens with zero attached hydrogens (tertiary/aromatic N) is 3. The Hall–Kier alpha value is -1.16. The Morgan fingerprint density at radius 3 is 2.79 bits per heavy atom. The van der Waals surface area contributed by atoms with Gasteiger partial charge in [-0.25, -0.2) is 4.98 Å². The molecule has 0 saturated heterocycles. The predicted octanol–water partition coefficient (Wildman–Crippen LogP) is 2.75. The summed E-state index contributed by atoms with van der Waals surface area (Å²) >= 11 is 0. The Morgan fingerprint density at radius 1 is 1.26 bits per heavy atom. The zero-order valence-corrected chi connectivity index (χ0v) is 12.2. The molecule has 0 atom stereocenters. The summed E-state index contributed by atoms with van der Waals surface area (Å²) in [6.07, 6.45) is 10.0. The topological polar surface area (TPSA) is 41.1 Å². The smallest absolute Gasteiger partial charge is 0.147 e. The molecule has 1 aliphatic rings. The van der Waals surface area contributed by atoms with Crippen molar-refractivity contribution in [1.82, 2.24) is 15.3 Å². The lowest BCUT2D eigenvalue weighted by atomic mass is 10.3. The summed E-state index contributed by atoms with van der Waals surface area (Å²) in [4.78, 5) is 11.6. The van der Waals surface area contributed by atoms with Crippen LogP contribution in [0.4, 0.5) is 5.82 Å². The zero-order chi connectivity index (χ0) is 13.5. The molecule has 0 amide bonds. The molecule has 1 fully saturated rings. The molecule has 4 nitrogen and oxygen atoms in total. The van der Waals surface area contributed by atoms with Crippen molar-refractivity contribution in [2.75, 3.05) is 18.0 Å². The number of hydrogen-bond donors (Lipinski definition) is 1. The first-order valence-electron chi connectivity index (χ1n) is 7.63. The molecule has 0 aromatic carbocycles. The monoisotopic (exact) mass is 262 g/mol. The molecule has 2 rings (SSSR count). The molecule has 1 heterocycles. The number of unbranched alkanes of at least 4 members (excludes halogenated alkanes) is 1. The first-order chi connectivity index (χ1) is 9.35. The van der Waals surface area contributed by atoms with Crippen LogP contribution >= 0.6 is 0 Å². The third-order valence-corrected chi connectivity index (χ3v) is 3.44. The van der Waals surface area contributed by atoms with Crippen LogP contribution in [0.1, 0.15) is 51.6 Å². The fourth-order valence-corrected chi connectivity index (χ4v) is 2.21. The highest BCUT2D eigenvalue weighted by Crippen LogP contribution is 2.30. The molecule has 1 aliphatic carbocycles. The van der Waals surface area contributed by atoms with Gasteiger partial charge in [0.05, 0.1) is 11.9 Å². The van der Waals surface area contributed by atoms with Crippen molar-refractivity contribution < 1.29 is 0 Å². The minimum absolute atomic E-state index is 0.708. The van der Waals surface area contributed by atoms with Gasteiger partial charge in [0.15, 0.2) is 0 Å². The summed E-state index contributed by atoms with van der Waals surface area (Å²) in [5, 5.41) is 3.38. The standard InChI is InChI=1S/C15H26N4/c1-3-5-9-19(14-6-7-14)15-12-17-11-13(18-15)10-16-8-4-2/h11-12,14,16H,3-10H2,1-2H3. The van der Waals surface area contributed by atoms with Crippen LogP contribution < -0.4 is 10.2 Å². The fraction of sp³-hybridized carbons (Fsp3) is 0.733. The second-order valence-corrected chi connectivity index (χ2v) is 5.32. The van der Waals surface area contributed by atoms with Crippen molar-refractivity contribution in [2.45, 2.75) is 58.5 Å². The number of rotatable bonds is 9. The lowest BCUT2D eigenvalue weighted by Gasteiger charge is -2.23. The summed E-state index contributed by atoms with van der Waals surface area (Å²) in [5.41, 5.74) is 1.05. The van der Waals surface area contributed by atoms with Crippen LogP contribution in [-0.4, -0.2) is 29.1 Å². The lowest BCUT2D eigenvalue weighted by molar-refractivity contribution is 0.655. The van der Waals surface area contributed by atoms with Crippen LogP contribution in [-0.2, 0) is 6.54 Å². The Kier molecular flexibility index (Phi) is 5.58. The second-order valence-electron chi connectivity index (χ2n) is 5.32. The summed E-state index contributed by atoms with van der Waals surface area (Å²) in [6.45, 7) is 7.38. The van der Waals surface area contributed by atoms with Gasteiger partial charge in [-0.05, 0) is 32.2 Å². The Balaban J connectivity index is 1.98. The van der Waals surface area contributed by atoms with E-state index in [0.29, 0.717) is 6.04 Å². The Bertz CT molecular complexity index is 376. The van der Waals surface area contributed by atoms with E-state index in [1.165, 1.54) is 25.7 Å². The molecule has 1 N–H and O–H groups in total. The highest BCUT2D eigenvalue weighted by Gasteiger charge is 2.29. The van der Waals surface area contributed by atoms with Crippen LogP contribution in [0.2, 0.25) is 0 Å². The quantitative estimate of drug-likeness (QED) is 0.695. The molecule has 0 bridgehead atoms. The molecule has 0 radical (unpaired) electrons. The van der Waals surface area contributed by atoms with Crippen LogP contribution in [0.5, 0.6) is 0 Å². The van der Waals surface area contributed by atoms with Gasteiger partial charge in [0.1, 0.15) is 5.82 Å². The average molecular weight is 262 g/mol. The van der Waals surface area contributed by atoms with Gasteiger partial charge in [0, 0.05) is 25.3 Å². The molecular weight excluding hydrogens is 236 g/mol. The molecule has 0 unspecified atom stereocenters. The van der Waals surface area contributed by atoms with Crippen molar-refractivity contribution in [1.29, 1.82) is 0 Å². The minimum Gasteiger partial charge on any atom is -0.352 e. The molecule has 19 heavy (non-hydrogen) atoms. The van der Waals surface area contributed by atoms with Crippen molar-refractivity contribution in [2.24, 2.45) is 0 Å². The SMILES string of the molecule is CCCCN(c1cncc(CNCCC)n1)C1CC1. The van der Waals surface area contributed by atoms with Gasteiger partial charge < -0.3 is 10.2 Å². The molecule has 1 aromatic rings. The molecule has 1 aromatic heterocycles. The summed E-state index contributed by atoms with van der Waals surface area (Å²) < 4.78 is 0.